The molecule has 0 aliphatic heterocycles. The van der Waals surface area contributed by atoms with Crippen molar-refractivity contribution in [3.8, 4) is 0 Å². The summed E-state index contributed by atoms with van der Waals surface area (Å²) in [4.78, 5) is 0. The summed E-state index contributed by atoms with van der Waals surface area (Å²) in [7, 11) is 0. The molecule has 0 unspecified atom stereocenters. The van der Waals surface area contributed by atoms with Crippen molar-refractivity contribution >= 4 is 11.5 Å². The lowest BCUT2D eigenvalue weighted by atomic mass is 10.1. The van der Waals surface area contributed by atoms with Crippen LogP contribution in [-0.4, -0.2) is 11.5 Å². The van der Waals surface area contributed by atoms with Gasteiger partial charge in [-0.05, 0) is 5.56 Å². The molecule has 0 saturated carbocycles. The van der Waals surface area contributed by atoms with Crippen LogP contribution in [0.2, 0.25) is 0 Å². The van der Waals surface area contributed by atoms with Crippen LogP contribution in [0.4, 0.5) is 0 Å². The maximum atomic E-state index is 7.54. The van der Waals surface area contributed by atoms with Gasteiger partial charge in [0.15, 0.2) is 0 Å². The van der Waals surface area contributed by atoms with Gasteiger partial charge in [0.1, 0.15) is 0 Å². The second-order valence-electron chi connectivity index (χ2n) is 2.97. The summed E-state index contributed by atoms with van der Waals surface area (Å²) in [5.74, 6) is 0.0564. The van der Waals surface area contributed by atoms with Gasteiger partial charge in [-0.25, -0.2) is 0 Å². The third-order valence-corrected chi connectivity index (χ3v) is 1.66. The molecule has 0 radical (unpaired) electrons. The van der Waals surface area contributed by atoms with Crippen molar-refractivity contribution in [2.45, 2.75) is 12.8 Å². The second kappa shape index (κ2) is 4.40. The van der Waals surface area contributed by atoms with E-state index in [9.17, 15) is 0 Å². The molecule has 3 heteroatoms. The second-order valence-corrected chi connectivity index (χ2v) is 2.97. The highest BCUT2D eigenvalue weighted by Crippen LogP contribution is 2.01. The molecular weight excluding hydrogens is 162 g/mol. The average Bonchev–Trinajstić information content (AvgIpc) is 2.04. The van der Waals surface area contributed by atoms with Gasteiger partial charge in [-0.1, -0.05) is 30.3 Å². The summed E-state index contributed by atoms with van der Waals surface area (Å²) in [6, 6.07) is 9.76. The zero-order valence-electron chi connectivity index (χ0n) is 7.38. The summed E-state index contributed by atoms with van der Waals surface area (Å²) in [5, 5.41) is 14.6. The molecule has 0 amide bonds. The Hall–Kier alpha value is -1.64. The van der Waals surface area contributed by atoms with Gasteiger partial charge in [-0.3, -0.25) is 5.41 Å². The smallest absolute Gasteiger partial charge is 0.0962 e. The molecule has 0 heterocycles. The van der Waals surface area contributed by atoms with Crippen LogP contribution >= 0.6 is 0 Å². The zero-order chi connectivity index (χ0) is 9.68. The van der Waals surface area contributed by atoms with E-state index in [1.807, 2.05) is 30.3 Å². The molecular formula is C10H13N3. The highest BCUT2D eigenvalue weighted by molar-refractivity contribution is 6.00. The number of amidine groups is 1. The van der Waals surface area contributed by atoms with E-state index in [1.165, 1.54) is 0 Å². The molecule has 13 heavy (non-hydrogen) atoms. The Morgan fingerprint density at radius 3 is 2.31 bits per heavy atom. The summed E-state index contributed by atoms with van der Waals surface area (Å²) in [5.41, 5.74) is 6.77. The van der Waals surface area contributed by atoms with Gasteiger partial charge in [0.25, 0.3) is 0 Å². The van der Waals surface area contributed by atoms with Gasteiger partial charge in [-0.15, -0.1) is 0 Å². The lowest BCUT2D eigenvalue weighted by Gasteiger charge is -2.02. The fourth-order valence-electron chi connectivity index (χ4n) is 1.13. The molecule has 0 spiro atoms. The number of nitrogens with one attached hydrogen (secondary N) is 2. The van der Waals surface area contributed by atoms with Crippen LogP contribution in [0.25, 0.3) is 0 Å². The van der Waals surface area contributed by atoms with E-state index < -0.39 is 0 Å². The first-order chi connectivity index (χ1) is 6.18. The maximum absolute atomic E-state index is 7.54. The topological polar surface area (TPSA) is 73.7 Å². The van der Waals surface area contributed by atoms with Crippen LogP contribution in [0, 0.1) is 10.8 Å². The van der Waals surface area contributed by atoms with Crippen LogP contribution in [0.3, 0.4) is 0 Å². The van der Waals surface area contributed by atoms with E-state index in [-0.39, 0.29) is 12.3 Å². The molecule has 0 atom stereocenters. The molecule has 4 N–H and O–H groups in total. The molecule has 1 rings (SSSR count). The average molecular weight is 175 g/mol. The minimum absolute atomic E-state index is 0.0564. The minimum Gasteiger partial charge on any atom is -0.387 e. The lowest BCUT2D eigenvalue weighted by Crippen LogP contribution is -2.16. The molecule has 0 aliphatic carbocycles. The number of nitrogens with two attached hydrogens (primary N) is 1. The summed E-state index contributed by atoms with van der Waals surface area (Å²) >= 11 is 0. The largest absolute Gasteiger partial charge is 0.387 e. The zero-order valence-corrected chi connectivity index (χ0v) is 7.38. The van der Waals surface area contributed by atoms with Gasteiger partial charge < -0.3 is 11.1 Å². The number of rotatable bonds is 4. The molecule has 0 bridgehead atoms. The molecule has 0 aromatic heterocycles. The fourth-order valence-corrected chi connectivity index (χ4v) is 1.13. The first kappa shape index (κ1) is 9.45. The molecule has 3 nitrogen and oxygen atoms in total. The van der Waals surface area contributed by atoms with Gasteiger partial charge >= 0.3 is 0 Å². The van der Waals surface area contributed by atoms with Gasteiger partial charge in [-0.2, -0.15) is 0 Å². The van der Waals surface area contributed by atoms with E-state index in [1.54, 1.807) is 0 Å². The normalized spacial score (nSPS) is 9.54. The first-order valence-corrected chi connectivity index (χ1v) is 4.11. The van der Waals surface area contributed by atoms with E-state index >= 15 is 0 Å². The lowest BCUT2D eigenvalue weighted by molar-refractivity contribution is 1.21. The van der Waals surface area contributed by atoms with E-state index in [4.69, 9.17) is 16.6 Å². The third kappa shape index (κ3) is 3.51. The summed E-state index contributed by atoms with van der Waals surface area (Å²) in [6.07, 6.45) is 0.856. The third-order valence-electron chi connectivity index (χ3n) is 1.66. The molecule has 1 aromatic rings. The van der Waals surface area contributed by atoms with E-state index in [2.05, 4.69) is 0 Å². The van der Waals surface area contributed by atoms with Crippen molar-refractivity contribution in [1.29, 1.82) is 10.8 Å². The highest BCUT2D eigenvalue weighted by Gasteiger charge is 2.00. The Morgan fingerprint density at radius 2 is 1.77 bits per heavy atom. The van der Waals surface area contributed by atoms with Crippen LogP contribution in [-0.2, 0) is 6.42 Å². The number of benzene rings is 1. The van der Waals surface area contributed by atoms with Crippen molar-refractivity contribution < 1.29 is 0 Å². The molecule has 1 aromatic carbocycles. The van der Waals surface area contributed by atoms with Crippen molar-refractivity contribution in [1.82, 2.24) is 0 Å². The maximum Gasteiger partial charge on any atom is 0.0962 e. The molecule has 68 valence electrons. The van der Waals surface area contributed by atoms with Crippen LogP contribution < -0.4 is 5.73 Å². The van der Waals surface area contributed by atoms with Gasteiger partial charge in [0.05, 0.1) is 5.84 Å². The van der Waals surface area contributed by atoms with Crippen molar-refractivity contribution in [3.63, 3.8) is 0 Å². The Kier molecular flexibility index (Phi) is 3.20. The highest BCUT2D eigenvalue weighted by atomic mass is 14.7. The first-order valence-electron chi connectivity index (χ1n) is 4.11. The SMILES string of the molecule is N=C(N)CC(=N)Cc1ccccc1. The quantitative estimate of drug-likeness (QED) is 0.471. The predicted molar refractivity (Wildman–Crippen MR) is 54.4 cm³/mol. The minimum atomic E-state index is 0.0564. The van der Waals surface area contributed by atoms with E-state index in [0.717, 1.165) is 5.56 Å². The Morgan fingerprint density at radius 1 is 1.15 bits per heavy atom. The monoisotopic (exact) mass is 175 g/mol. The van der Waals surface area contributed by atoms with Crippen LogP contribution in [0.15, 0.2) is 30.3 Å². The van der Waals surface area contributed by atoms with Gasteiger partial charge in [0, 0.05) is 18.6 Å². The Bertz CT molecular complexity index is 303. The van der Waals surface area contributed by atoms with Gasteiger partial charge in [0.2, 0.25) is 0 Å². The van der Waals surface area contributed by atoms with Crippen LogP contribution in [0.1, 0.15) is 12.0 Å². The number of hydrogen-bond donors (Lipinski definition) is 3. The summed E-state index contributed by atoms with van der Waals surface area (Å²) in [6.45, 7) is 0. The number of hydrogen-bond acceptors (Lipinski definition) is 2. The van der Waals surface area contributed by atoms with Crippen molar-refractivity contribution in [2.24, 2.45) is 5.73 Å². The molecule has 0 aliphatic rings. The standard InChI is InChI=1S/C10H13N3/c11-9(7-10(12)13)6-8-4-2-1-3-5-8/h1-5,11H,6-7H2,(H3,12,13). The van der Waals surface area contributed by atoms with Crippen LogP contribution in [0.5, 0.6) is 0 Å². The predicted octanol–water partition coefficient (Wildman–Crippen LogP) is 1.57. The molecule has 0 fully saturated rings. The van der Waals surface area contributed by atoms with Crippen molar-refractivity contribution in [3.05, 3.63) is 35.9 Å². The summed E-state index contributed by atoms with van der Waals surface area (Å²) < 4.78 is 0. The van der Waals surface area contributed by atoms with Crippen molar-refractivity contribution in [2.75, 3.05) is 0 Å². The Labute approximate surface area is 77.6 Å². The molecule has 0 saturated heterocycles. The Balaban J connectivity index is 2.50. The van der Waals surface area contributed by atoms with E-state index in [0.29, 0.717) is 12.1 Å². The fraction of sp³-hybridized carbons (Fsp3) is 0.200.